The first-order chi connectivity index (χ1) is 6.79. The van der Waals surface area contributed by atoms with Crippen molar-refractivity contribution in [2.45, 2.75) is 25.0 Å². The number of aliphatic hydroxyl groups is 1. The number of piperazine rings is 1. The number of ether oxygens (including phenoxy) is 1. The first-order valence-corrected chi connectivity index (χ1v) is 5.48. The van der Waals surface area contributed by atoms with Crippen molar-refractivity contribution in [1.82, 2.24) is 10.2 Å². The molecule has 2 unspecified atom stereocenters. The van der Waals surface area contributed by atoms with Crippen molar-refractivity contribution in [2.75, 3.05) is 39.4 Å². The SMILES string of the molecule is CC1OCCC1(CO)N1CCNCC1. The van der Waals surface area contributed by atoms with Crippen LogP contribution in [-0.4, -0.2) is 61.0 Å². The molecule has 0 aromatic rings. The number of rotatable bonds is 2. The van der Waals surface area contributed by atoms with E-state index in [0.717, 1.165) is 39.2 Å². The molecule has 2 saturated heterocycles. The third kappa shape index (κ3) is 1.56. The van der Waals surface area contributed by atoms with Gasteiger partial charge in [-0.3, -0.25) is 4.90 Å². The standard InChI is InChI=1S/C10H20N2O2/c1-9-10(8-13,2-7-14-9)12-5-3-11-4-6-12/h9,11,13H,2-8H2,1H3. The van der Waals surface area contributed by atoms with Crippen LogP contribution in [0.1, 0.15) is 13.3 Å². The van der Waals surface area contributed by atoms with E-state index in [-0.39, 0.29) is 18.2 Å². The van der Waals surface area contributed by atoms with Gasteiger partial charge in [0.2, 0.25) is 0 Å². The van der Waals surface area contributed by atoms with Crippen LogP contribution in [0.5, 0.6) is 0 Å². The van der Waals surface area contributed by atoms with Gasteiger partial charge in [-0.2, -0.15) is 0 Å². The predicted molar refractivity (Wildman–Crippen MR) is 54.3 cm³/mol. The van der Waals surface area contributed by atoms with Crippen molar-refractivity contribution < 1.29 is 9.84 Å². The van der Waals surface area contributed by atoms with Gasteiger partial charge in [-0.05, 0) is 13.3 Å². The zero-order valence-electron chi connectivity index (χ0n) is 8.83. The quantitative estimate of drug-likeness (QED) is 0.627. The fraction of sp³-hybridized carbons (Fsp3) is 1.00. The normalized spacial score (nSPS) is 40.3. The van der Waals surface area contributed by atoms with E-state index in [9.17, 15) is 5.11 Å². The molecule has 2 aliphatic rings. The maximum Gasteiger partial charge on any atom is 0.0754 e. The molecule has 82 valence electrons. The van der Waals surface area contributed by atoms with Crippen LogP contribution >= 0.6 is 0 Å². The Hall–Kier alpha value is -0.160. The van der Waals surface area contributed by atoms with E-state index in [1.807, 2.05) is 0 Å². The van der Waals surface area contributed by atoms with Crippen LogP contribution in [0.4, 0.5) is 0 Å². The van der Waals surface area contributed by atoms with Gasteiger partial charge in [-0.15, -0.1) is 0 Å². The zero-order chi connectivity index (χ0) is 10.0. The molecule has 4 heteroatoms. The topological polar surface area (TPSA) is 44.7 Å². The second-order valence-corrected chi connectivity index (χ2v) is 4.26. The average Bonchev–Trinajstić information content (AvgIpc) is 2.62. The second kappa shape index (κ2) is 4.14. The van der Waals surface area contributed by atoms with Crippen molar-refractivity contribution in [2.24, 2.45) is 0 Å². The second-order valence-electron chi connectivity index (χ2n) is 4.26. The third-order valence-electron chi connectivity index (χ3n) is 3.68. The summed E-state index contributed by atoms with van der Waals surface area (Å²) in [6.07, 6.45) is 1.12. The lowest BCUT2D eigenvalue weighted by Crippen LogP contribution is -2.61. The van der Waals surface area contributed by atoms with Crippen molar-refractivity contribution in [3.05, 3.63) is 0 Å². The minimum absolute atomic E-state index is 0.109. The van der Waals surface area contributed by atoms with Crippen LogP contribution in [0.2, 0.25) is 0 Å². The van der Waals surface area contributed by atoms with E-state index in [2.05, 4.69) is 17.1 Å². The summed E-state index contributed by atoms with van der Waals surface area (Å²) in [6, 6.07) is 0. The highest BCUT2D eigenvalue weighted by atomic mass is 16.5. The van der Waals surface area contributed by atoms with Crippen LogP contribution in [0.15, 0.2) is 0 Å². The molecule has 0 radical (unpaired) electrons. The van der Waals surface area contributed by atoms with Crippen LogP contribution in [-0.2, 0) is 4.74 Å². The van der Waals surface area contributed by atoms with Crippen LogP contribution < -0.4 is 5.32 Å². The van der Waals surface area contributed by atoms with Gasteiger partial charge in [-0.25, -0.2) is 0 Å². The predicted octanol–water partition coefficient (Wildman–Crippen LogP) is -0.568. The molecule has 0 aromatic carbocycles. The maximum atomic E-state index is 9.60. The van der Waals surface area contributed by atoms with Gasteiger partial charge in [-0.1, -0.05) is 0 Å². The Balaban J connectivity index is 2.09. The van der Waals surface area contributed by atoms with E-state index in [1.165, 1.54) is 0 Å². The lowest BCUT2D eigenvalue weighted by molar-refractivity contribution is -0.0296. The van der Waals surface area contributed by atoms with E-state index in [0.29, 0.717) is 0 Å². The molecule has 2 fully saturated rings. The summed E-state index contributed by atoms with van der Waals surface area (Å²) in [7, 11) is 0. The van der Waals surface area contributed by atoms with Crippen molar-refractivity contribution >= 4 is 0 Å². The summed E-state index contributed by atoms with van der Waals surface area (Å²) < 4.78 is 5.59. The minimum Gasteiger partial charge on any atom is -0.394 e. The molecule has 2 N–H and O–H groups in total. The minimum atomic E-state index is -0.109. The van der Waals surface area contributed by atoms with E-state index in [1.54, 1.807) is 0 Å². The van der Waals surface area contributed by atoms with Crippen molar-refractivity contribution in [3.8, 4) is 0 Å². The highest BCUT2D eigenvalue weighted by molar-refractivity contribution is 5.00. The van der Waals surface area contributed by atoms with Crippen LogP contribution in [0.3, 0.4) is 0 Å². The molecule has 2 aliphatic heterocycles. The maximum absolute atomic E-state index is 9.60. The van der Waals surface area contributed by atoms with E-state index < -0.39 is 0 Å². The summed E-state index contributed by atoms with van der Waals surface area (Å²) in [5, 5.41) is 12.9. The Labute approximate surface area is 85.2 Å². The first kappa shape index (κ1) is 10.4. The zero-order valence-corrected chi connectivity index (χ0v) is 8.83. The van der Waals surface area contributed by atoms with Crippen LogP contribution in [0.25, 0.3) is 0 Å². The Morgan fingerprint density at radius 3 is 2.71 bits per heavy atom. The summed E-state index contributed by atoms with van der Waals surface area (Å²) in [6.45, 7) is 7.16. The molecule has 0 amide bonds. The monoisotopic (exact) mass is 200 g/mol. The summed E-state index contributed by atoms with van der Waals surface area (Å²) in [4.78, 5) is 2.39. The molecule has 14 heavy (non-hydrogen) atoms. The molecular formula is C10H20N2O2. The van der Waals surface area contributed by atoms with E-state index in [4.69, 9.17) is 4.74 Å². The molecular weight excluding hydrogens is 180 g/mol. The van der Waals surface area contributed by atoms with Crippen molar-refractivity contribution in [1.29, 1.82) is 0 Å². The van der Waals surface area contributed by atoms with Gasteiger partial charge in [0.15, 0.2) is 0 Å². The van der Waals surface area contributed by atoms with Gasteiger partial charge in [0.25, 0.3) is 0 Å². The lowest BCUT2D eigenvalue weighted by Gasteiger charge is -2.44. The molecule has 2 atom stereocenters. The lowest BCUT2D eigenvalue weighted by atomic mass is 9.90. The number of aliphatic hydroxyl groups excluding tert-OH is 1. The van der Waals surface area contributed by atoms with Crippen molar-refractivity contribution in [3.63, 3.8) is 0 Å². The van der Waals surface area contributed by atoms with Gasteiger partial charge in [0, 0.05) is 32.8 Å². The van der Waals surface area contributed by atoms with E-state index >= 15 is 0 Å². The average molecular weight is 200 g/mol. The highest BCUT2D eigenvalue weighted by Crippen LogP contribution is 2.31. The molecule has 0 spiro atoms. The Kier molecular flexibility index (Phi) is 3.07. The van der Waals surface area contributed by atoms with Gasteiger partial charge in [0.1, 0.15) is 0 Å². The Morgan fingerprint density at radius 1 is 1.50 bits per heavy atom. The summed E-state index contributed by atoms with van der Waals surface area (Å²) in [5.41, 5.74) is -0.109. The molecule has 0 aliphatic carbocycles. The number of nitrogens with one attached hydrogen (secondary N) is 1. The Morgan fingerprint density at radius 2 is 2.21 bits per heavy atom. The number of hydrogen-bond acceptors (Lipinski definition) is 4. The molecule has 0 aromatic heterocycles. The smallest absolute Gasteiger partial charge is 0.0754 e. The molecule has 0 bridgehead atoms. The van der Waals surface area contributed by atoms with Gasteiger partial charge >= 0.3 is 0 Å². The molecule has 2 heterocycles. The summed E-state index contributed by atoms with van der Waals surface area (Å²) >= 11 is 0. The fourth-order valence-electron chi connectivity index (χ4n) is 2.60. The van der Waals surface area contributed by atoms with Crippen LogP contribution in [0, 0.1) is 0 Å². The first-order valence-electron chi connectivity index (χ1n) is 5.48. The van der Waals surface area contributed by atoms with Gasteiger partial charge in [0.05, 0.1) is 18.2 Å². The highest BCUT2D eigenvalue weighted by Gasteiger charge is 2.45. The Bertz CT molecular complexity index is 195. The molecule has 2 rings (SSSR count). The third-order valence-corrected chi connectivity index (χ3v) is 3.68. The molecule has 4 nitrogen and oxygen atoms in total. The van der Waals surface area contributed by atoms with Gasteiger partial charge < -0.3 is 15.2 Å². The number of nitrogens with zero attached hydrogens (tertiary/aromatic N) is 1. The fourth-order valence-corrected chi connectivity index (χ4v) is 2.60. The summed E-state index contributed by atoms with van der Waals surface area (Å²) in [5.74, 6) is 0. The number of hydrogen-bond donors (Lipinski definition) is 2. The largest absolute Gasteiger partial charge is 0.394 e. The molecule has 0 saturated carbocycles.